The van der Waals surface area contributed by atoms with E-state index in [0.717, 1.165) is 0 Å². The van der Waals surface area contributed by atoms with Gasteiger partial charge in [-0.3, -0.25) is 0 Å². The Morgan fingerprint density at radius 1 is 0.737 bits per heavy atom. The maximum Gasteiger partial charge on any atom is 0.263 e. The Hall–Kier alpha value is -3.13. The van der Waals surface area contributed by atoms with E-state index in [4.69, 9.17) is 0 Å². The van der Waals surface area contributed by atoms with Crippen LogP contribution in [0, 0.1) is 13.8 Å². The Morgan fingerprint density at radius 3 is 1.82 bits per heavy atom. The molecule has 0 fully saturated rings. The van der Waals surface area contributed by atoms with E-state index in [9.17, 15) is 0 Å². The van der Waals surface area contributed by atoms with E-state index in [1.54, 1.807) is 0 Å². The summed E-state index contributed by atoms with van der Waals surface area (Å²) in [7, 11) is 0. The molecule has 0 unspecified atom stereocenters. The topological polar surface area (TPSA) is 8.81 Å². The van der Waals surface area contributed by atoms with Crippen molar-refractivity contribution in [3.63, 3.8) is 0 Å². The van der Waals surface area contributed by atoms with Crippen LogP contribution in [0.4, 0.5) is 0 Å². The van der Waals surface area contributed by atoms with E-state index in [-0.39, 0.29) is 5.41 Å². The molecule has 2 nitrogen and oxygen atoms in total. The normalized spacial score (nSPS) is 12.3. The molecule has 1 aromatic heterocycles. The number of nitrogens with zero attached hydrogens (tertiary/aromatic N) is 2. The van der Waals surface area contributed by atoms with E-state index in [2.05, 4.69) is 152 Å². The molecule has 4 aromatic rings. The molecule has 4 rings (SSSR count). The molecule has 0 atom stereocenters. The van der Waals surface area contributed by atoms with Crippen molar-refractivity contribution in [2.24, 2.45) is 0 Å². The van der Waals surface area contributed by atoms with Gasteiger partial charge in [0.25, 0.3) is 5.82 Å². The van der Waals surface area contributed by atoms with Crippen molar-refractivity contribution in [1.29, 1.82) is 0 Å². The van der Waals surface area contributed by atoms with Crippen LogP contribution < -0.4 is 4.57 Å². The van der Waals surface area contributed by atoms with E-state index in [1.807, 2.05) is 0 Å². The fraction of sp³-hybridized carbons (Fsp3) is 0.417. The summed E-state index contributed by atoms with van der Waals surface area (Å²) in [5.41, 5.74) is 12.3. The van der Waals surface area contributed by atoms with Crippen LogP contribution in [0.25, 0.3) is 22.5 Å². The molecule has 0 amide bonds. The van der Waals surface area contributed by atoms with Gasteiger partial charge in [-0.1, -0.05) is 98.7 Å². The van der Waals surface area contributed by atoms with Crippen molar-refractivity contribution < 1.29 is 4.57 Å². The first-order valence-electron chi connectivity index (χ1n) is 14.3. The zero-order valence-electron chi connectivity index (χ0n) is 25.5. The molecule has 0 N–H and O–H groups in total. The molecule has 2 heteroatoms. The highest BCUT2D eigenvalue weighted by molar-refractivity contribution is 5.76. The smallest absolute Gasteiger partial charge is 0.200 e. The van der Waals surface area contributed by atoms with Crippen LogP contribution in [0.15, 0.2) is 67.0 Å². The van der Waals surface area contributed by atoms with Crippen molar-refractivity contribution >= 4 is 0 Å². The molecule has 0 saturated carbocycles. The third-order valence-electron chi connectivity index (χ3n) is 7.97. The van der Waals surface area contributed by atoms with E-state index >= 15 is 0 Å². The molecule has 3 aromatic carbocycles. The lowest BCUT2D eigenvalue weighted by molar-refractivity contribution is -0.602. The number of imidazole rings is 1. The van der Waals surface area contributed by atoms with Crippen molar-refractivity contribution in [2.75, 3.05) is 0 Å². The Bertz CT molecular complexity index is 1400. The van der Waals surface area contributed by atoms with Crippen LogP contribution in [-0.2, 0) is 5.41 Å². The second-order valence-electron chi connectivity index (χ2n) is 12.9. The van der Waals surface area contributed by atoms with Crippen molar-refractivity contribution in [1.82, 2.24) is 4.57 Å². The minimum atomic E-state index is 0.0269. The van der Waals surface area contributed by atoms with Crippen LogP contribution >= 0.6 is 0 Å². The molecule has 38 heavy (non-hydrogen) atoms. The Kier molecular flexibility index (Phi) is 7.75. The highest BCUT2D eigenvalue weighted by Gasteiger charge is 2.27. The third kappa shape index (κ3) is 5.23. The van der Waals surface area contributed by atoms with E-state index in [1.165, 1.54) is 56.1 Å². The first kappa shape index (κ1) is 27.9. The van der Waals surface area contributed by atoms with Gasteiger partial charge < -0.3 is 0 Å². The zero-order valence-corrected chi connectivity index (χ0v) is 25.5. The molecule has 1 heterocycles. The molecule has 200 valence electrons. The fourth-order valence-electron chi connectivity index (χ4n) is 5.74. The van der Waals surface area contributed by atoms with Gasteiger partial charge in [-0.25, -0.2) is 0 Å². The fourth-order valence-corrected chi connectivity index (χ4v) is 5.74. The van der Waals surface area contributed by atoms with Gasteiger partial charge in [-0.2, -0.15) is 9.13 Å². The summed E-state index contributed by atoms with van der Waals surface area (Å²) in [6.45, 7) is 25.5. The van der Waals surface area contributed by atoms with E-state index in [0.29, 0.717) is 17.8 Å². The predicted molar refractivity (Wildman–Crippen MR) is 163 cm³/mol. The summed E-state index contributed by atoms with van der Waals surface area (Å²) in [5, 5.41) is 0. The second-order valence-corrected chi connectivity index (χ2v) is 12.9. The average molecular weight is 508 g/mol. The van der Waals surface area contributed by atoms with Crippen LogP contribution in [0.2, 0.25) is 0 Å². The molecule has 0 aliphatic heterocycles. The van der Waals surface area contributed by atoms with Gasteiger partial charge in [0.2, 0.25) is 0 Å². The number of hydrogen-bond donors (Lipinski definition) is 0. The number of benzene rings is 3. The summed E-state index contributed by atoms with van der Waals surface area (Å²) in [6, 6.07) is 20.5. The predicted octanol–water partition coefficient (Wildman–Crippen LogP) is 9.71. The van der Waals surface area contributed by atoms with Crippen molar-refractivity contribution in [2.45, 2.75) is 99.3 Å². The lowest BCUT2D eigenvalue weighted by atomic mass is 9.78. The number of hydrogen-bond acceptors (Lipinski definition) is 0. The Morgan fingerprint density at radius 2 is 1.32 bits per heavy atom. The lowest BCUT2D eigenvalue weighted by Gasteiger charge is -2.27. The molecule has 0 aliphatic carbocycles. The van der Waals surface area contributed by atoms with Crippen LogP contribution in [0.5, 0.6) is 0 Å². The summed E-state index contributed by atoms with van der Waals surface area (Å²) < 4.78 is 4.65. The number of aromatic nitrogens is 2. The van der Waals surface area contributed by atoms with Gasteiger partial charge in [0.05, 0.1) is 0 Å². The van der Waals surface area contributed by atoms with Crippen LogP contribution in [0.3, 0.4) is 0 Å². The molecule has 0 aliphatic rings. The molecule has 0 radical (unpaired) electrons. The third-order valence-corrected chi connectivity index (χ3v) is 7.97. The standard InChI is InChI=1S/C36H47N2/c1-23(2)28-19-31(24(3)4)35(32(20-28)25(5)6)29-21-33(36(9,10)11)26(7)34(22-29)38-18-17-37(27(38)8)30-15-13-12-14-16-30/h12-25H,1-11H3/q+1. The molecule has 0 saturated heterocycles. The van der Waals surface area contributed by atoms with Gasteiger partial charge in [0.15, 0.2) is 0 Å². The molecule has 0 bridgehead atoms. The number of rotatable bonds is 6. The van der Waals surface area contributed by atoms with Gasteiger partial charge in [-0.05, 0) is 81.7 Å². The highest BCUT2D eigenvalue weighted by Crippen LogP contribution is 2.41. The maximum atomic E-state index is 2.48. The largest absolute Gasteiger partial charge is 0.263 e. The first-order chi connectivity index (χ1) is 17.8. The first-order valence-corrected chi connectivity index (χ1v) is 14.3. The van der Waals surface area contributed by atoms with E-state index < -0.39 is 0 Å². The summed E-state index contributed by atoms with van der Waals surface area (Å²) in [5.74, 6) is 2.59. The maximum absolute atomic E-state index is 2.48. The lowest BCUT2D eigenvalue weighted by Crippen LogP contribution is -2.34. The molecular weight excluding hydrogens is 460 g/mol. The SMILES string of the molecule is Cc1c(-[n+]2ccn(-c3ccccc3)c2C)cc(-c2c(C(C)C)cc(C(C)C)cc2C(C)C)cc1C(C)(C)C. The summed E-state index contributed by atoms with van der Waals surface area (Å²) >= 11 is 0. The second kappa shape index (κ2) is 10.6. The van der Waals surface area contributed by atoms with Crippen molar-refractivity contribution in [3.05, 3.63) is 101 Å². The van der Waals surface area contributed by atoms with Gasteiger partial charge in [0.1, 0.15) is 23.8 Å². The summed E-state index contributed by atoms with van der Waals surface area (Å²) in [4.78, 5) is 0. The Labute approximate surface area is 231 Å². The minimum absolute atomic E-state index is 0.0269. The van der Waals surface area contributed by atoms with Gasteiger partial charge in [0, 0.05) is 12.5 Å². The Balaban J connectivity index is 2.06. The van der Waals surface area contributed by atoms with Gasteiger partial charge in [-0.15, -0.1) is 0 Å². The van der Waals surface area contributed by atoms with Crippen LogP contribution in [-0.4, -0.2) is 4.57 Å². The minimum Gasteiger partial charge on any atom is -0.200 e. The monoisotopic (exact) mass is 507 g/mol. The van der Waals surface area contributed by atoms with Crippen molar-refractivity contribution in [3.8, 4) is 22.5 Å². The molecule has 0 spiro atoms. The number of para-hydroxylation sites is 1. The van der Waals surface area contributed by atoms with Gasteiger partial charge >= 0.3 is 0 Å². The summed E-state index contributed by atoms with van der Waals surface area (Å²) in [6.07, 6.45) is 4.40. The average Bonchev–Trinajstić information content (AvgIpc) is 3.24. The van der Waals surface area contributed by atoms with Crippen LogP contribution in [0.1, 0.15) is 114 Å². The quantitative estimate of drug-likeness (QED) is 0.230. The highest BCUT2D eigenvalue weighted by atomic mass is 15.2. The molecular formula is C36H47N2+. The zero-order chi connectivity index (χ0) is 27.9.